The summed E-state index contributed by atoms with van der Waals surface area (Å²) in [4.78, 5) is 20.1. The molecule has 0 spiro atoms. The average molecular weight is 719 g/mol. The van der Waals surface area contributed by atoms with E-state index in [9.17, 15) is 0 Å². The van der Waals surface area contributed by atoms with Crippen molar-refractivity contribution in [3.8, 4) is 89.8 Å². The molecule has 0 bridgehead atoms. The third-order valence-electron chi connectivity index (χ3n) is 10.2. The zero-order chi connectivity index (χ0) is 37.8. The van der Waals surface area contributed by atoms with Crippen LogP contribution in [0, 0.1) is 13.8 Å². The molecule has 0 fully saturated rings. The number of pyridine rings is 1. The topological polar surface area (TPSA) is 51.6 Å². The van der Waals surface area contributed by atoms with Gasteiger partial charge in [0.15, 0.2) is 17.5 Å². The highest BCUT2D eigenvalue weighted by molar-refractivity contribution is 5.98. The summed E-state index contributed by atoms with van der Waals surface area (Å²) in [5, 5.41) is 0. The van der Waals surface area contributed by atoms with Gasteiger partial charge in [-0.25, -0.2) is 15.0 Å². The third kappa shape index (κ3) is 6.92. The van der Waals surface area contributed by atoms with Crippen LogP contribution in [0.5, 0.6) is 0 Å². The zero-order valence-corrected chi connectivity index (χ0v) is 31.3. The molecule has 7 aromatic carbocycles. The van der Waals surface area contributed by atoms with Crippen molar-refractivity contribution >= 4 is 0 Å². The first-order valence-electron chi connectivity index (χ1n) is 18.9. The van der Waals surface area contributed by atoms with Crippen molar-refractivity contribution in [1.29, 1.82) is 0 Å². The molecular formula is C52H38N4. The van der Waals surface area contributed by atoms with E-state index >= 15 is 0 Å². The van der Waals surface area contributed by atoms with Crippen molar-refractivity contribution in [1.82, 2.24) is 19.9 Å². The molecule has 0 saturated carbocycles. The zero-order valence-electron chi connectivity index (χ0n) is 31.3. The fourth-order valence-electron chi connectivity index (χ4n) is 7.45. The molecule has 0 aliphatic carbocycles. The maximum atomic E-state index is 5.17. The Hall–Kier alpha value is -7.30. The van der Waals surface area contributed by atoms with Gasteiger partial charge in [0.2, 0.25) is 0 Å². The molecule has 4 heteroatoms. The van der Waals surface area contributed by atoms with E-state index in [1.54, 1.807) is 0 Å². The van der Waals surface area contributed by atoms with Crippen molar-refractivity contribution in [2.75, 3.05) is 0 Å². The van der Waals surface area contributed by atoms with Crippen LogP contribution >= 0.6 is 0 Å². The minimum Gasteiger partial charge on any atom is -0.258 e. The first-order valence-corrected chi connectivity index (χ1v) is 18.9. The van der Waals surface area contributed by atoms with Gasteiger partial charge in [-0.2, -0.15) is 0 Å². The van der Waals surface area contributed by atoms with Gasteiger partial charge >= 0.3 is 0 Å². The molecular weight excluding hydrogens is 681 g/mol. The normalized spacial score (nSPS) is 11.0. The minimum atomic E-state index is 0.611. The van der Waals surface area contributed by atoms with Gasteiger partial charge in [-0.15, -0.1) is 0 Å². The quantitative estimate of drug-likeness (QED) is 0.157. The van der Waals surface area contributed by atoms with Gasteiger partial charge in [-0.1, -0.05) is 176 Å². The van der Waals surface area contributed by atoms with E-state index in [1.807, 2.05) is 43.3 Å². The highest BCUT2D eigenvalue weighted by Gasteiger charge is 2.20. The number of hydrogen-bond acceptors (Lipinski definition) is 4. The van der Waals surface area contributed by atoms with Crippen LogP contribution in [-0.4, -0.2) is 19.9 Å². The number of benzene rings is 7. The molecule has 9 aromatic rings. The number of nitrogens with zero attached hydrogens (tertiary/aromatic N) is 4. The molecule has 0 saturated heterocycles. The summed E-state index contributed by atoms with van der Waals surface area (Å²) in [5.74, 6) is 1.85. The Labute approximate surface area is 327 Å². The van der Waals surface area contributed by atoms with Crippen molar-refractivity contribution in [2.24, 2.45) is 0 Å². The summed E-state index contributed by atoms with van der Waals surface area (Å²) >= 11 is 0. The summed E-state index contributed by atoms with van der Waals surface area (Å²) in [5.41, 5.74) is 16.1. The Morgan fingerprint density at radius 2 is 0.696 bits per heavy atom. The number of aryl methyl sites for hydroxylation is 2. The van der Waals surface area contributed by atoms with Crippen molar-refractivity contribution in [3.63, 3.8) is 0 Å². The molecule has 0 aliphatic rings. The molecule has 4 nitrogen and oxygen atoms in total. The second-order valence-electron chi connectivity index (χ2n) is 13.9. The van der Waals surface area contributed by atoms with Crippen LogP contribution < -0.4 is 0 Å². The number of rotatable bonds is 8. The van der Waals surface area contributed by atoms with E-state index in [2.05, 4.69) is 165 Å². The maximum absolute atomic E-state index is 5.17. The SMILES string of the molecule is Cc1ccc(-c2ccccc2-c2nc(-c3ccccc3)nc(-c3ccc(-c4c(-c5ccccc5)cc(-c5ccccc5)cc4-c4ccccc4)cc3)n2)c(C)n1. The lowest BCUT2D eigenvalue weighted by Gasteiger charge is -2.19. The van der Waals surface area contributed by atoms with Gasteiger partial charge in [0.25, 0.3) is 0 Å². The van der Waals surface area contributed by atoms with Crippen LogP contribution in [-0.2, 0) is 0 Å². The number of aromatic nitrogens is 4. The van der Waals surface area contributed by atoms with Gasteiger partial charge in [-0.3, -0.25) is 4.98 Å². The molecule has 2 aromatic heterocycles. The fraction of sp³-hybridized carbons (Fsp3) is 0.0385. The molecule has 0 radical (unpaired) electrons. The Kier molecular flexibility index (Phi) is 9.36. The van der Waals surface area contributed by atoms with E-state index in [1.165, 1.54) is 27.8 Å². The summed E-state index contributed by atoms with van der Waals surface area (Å²) in [6.07, 6.45) is 0. The van der Waals surface area contributed by atoms with Gasteiger partial charge < -0.3 is 0 Å². The Morgan fingerprint density at radius 1 is 0.268 bits per heavy atom. The molecule has 9 rings (SSSR count). The molecule has 266 valence electrons. The second-order valence-corrected chi connectivity index (χ2v) is 13.9. The summed E-state index contributed by atoms with van der Waals surface area (Å²) in [6.45, 7) is 4.07. The minimum absolute atomic E-state index is 0.611. The summed E-state index contributed by atoms with van der Waals surface area (Å²) < 4.78 is 0. The highest BCUT2D eigenvalue weighted by Crippen LogP contribution is 2.44. The molecule has 0 amide bonds. The molecule has 0 N–H and O–H groups in total. The van der Waals surface area contributed by atoms with Crippen molar-refractivity contribution in [3.05, 3.63) is 206 Å². The molecule has 0 aliphatic heterocycles. The summed E-state index contributed by atoms with van der Waals surface area (Å²) in [6, 6.07) is 67.9. The van der Waals surface area contributed by atoms with E-state index in [0.29, 0.717) is 17.5 Å². The first kappa shape index (κ1) is 34.5. The van der Waals surface area contributed by atoms with Crippen LogP contribution in [0.1, 0.15) is 11.4 Å². The maximum Gasteiger partial charge on any atom is 0.164 e. The monoisotopic (exact) mass is 718 g/mol. The Bertz CT molecular complexity index is 2720. The number of hydrogen-bond donors (Lipinski definition) is 0. The van der Waals surface area contributed by atoms with Gasteiger partial charge in [0, 0.05) is 33.6 Å². The smallest absolute Gasteiger partial charge is 0.164 e. The highest BCUT2D eigenvalue weighted by atomic mass is 15.0. The van der Waals surface area contributed by atoms with Crippen LogP contribution in [0.3, 0.4) is 0 Å². The molecule has 0 atom stereocenters. The molecule has 0 unspecified atom stereocenters. The standard InChI is InChI=1S/C52H38N4/c1-35-27-32-44(36(2)53-35)45-25-15-16-26-46(45)52-55-50(41-23-13-6-14-24-41)54-51(56-52)42-30-28-40(29-31-42)49-47(38-19-9-4-10-20-38)33-43(37-17-7-3-8-18-37)34-48(49)39-21-11-5-12-22-39/h3-34H,1-2H3. The van der Waals surface area contributed by atoms with Crippen LogP contribution in [0.2, 0.25) is 0 Å². The lowest BCUT2D eigenvalue weighted by atomic mass is 9.84. The first-order chi connectivity index (χ1) is 27.6. The van der Waals surface area contributed by atoms with Gasteiger partial charge in [0.05, 0.1) is 0 Å². The van der Waals surface area contributed by atoms with E-state index < -0.39 is 0 Å². The van der Waals surface area contributed by atoms with Crippen molar-refractivity contribution < 1.29 is 0 Å². The predicted molar refractivity (Wildman–Crippen MR) is 231 cm³/mol. The van der Waals surface area contributed by atoms with Crippen LogP contribution in [0.15, 0.2) is 194 Å². The van der Waals surface area contributed by atoms with Crippen LogP contribution in [0.25, 0.3) is 89.8 Å². The second kappa shape index (κ2) is 15.2. The van der Waals surface area contributed by atoms with E-state index in [4.69, 9.17) is 19.9 Å². The lowest BCUT2D eigenvalue weighted by Crippen LogP contribution is -2.01. The van der Waals surface area contributed by atoms with Gasteiger partial charge in [0.1, 0.15) is 0 Å². The third-order valence-corrected chi connectivity index (χ3v) is 10.2. The molecule has 2 heterocycles. The Morgan fingerprint density at radius 3 is 1.23 bits per heavy atom. The van der Waals surface area contributed by atoms with Crippen LogP contribution in [0.4, 0.5) is 0 Å². The lowest BCUT2D eigenvalue weighted by molar-refractivity contribution is 1.07. The average Bonchev–Trinajstić information content (AvgIpc) is 3.27. The Balaban J connectivity index is 1.21. The van der Waals surface area contributed by atoms with Gasteiger partial charge in [-0.05, 0) is 82.1 Å². The fourth-order valence-corrected chi connectivity index (χ4v) is 7.45. The predicted octanol–water partition coefficient (Wildman–Crippen LogP) is 13.2. The van der Waals surface area contributed by atoms with Crippen molar-refractivity contribution in [2.45, 2.75) is 13.8 Å². The van der Waals surface area contributed by atoms with E-state index in [-0.39, 0.29) is 0 Å². The van der Waals surface area contributed by atoms with E-state index in [0.717, 1.165) is 55.9 Å². The largest absolute Gasteiger partial charge is 0.258 e. The molecule has 56 heavy (non-hydrogen) atoms. The summed E-state index contributed by atoms with van der Waals surface area (Å²) in [7, 11) is 0.